The van der Waals surface area contributed by atoms with Gasteiger partial charge in [-0.05, 0) is 30.9 Å². The summed E-state index contributed by atoms with van der Waals surface area (Å²) in [6, 6.07) is 5.54. The van der Waals surface area contributed by atoms with Gasteiger partial charge < -0.3 is 10.2 Å². The van der Waals surface area contributed by atoms with E-state index in [-0.39, 0.29) is 10.6 Å². The molecule has 0 radical (unpaired) electrons. The maximum atomic E-state index is 11.4. The first-order valence-corrected chi connectivity index (χ1v) is 6.89. The summed E-state index contributed by atoms with van der Waals surface area (Å²) in [4.78, 5) is 13.2. The van der Waals surface area contributed by atoms with E-state index in [1.807, 2.05) is 19.1 Å². The molecule has 1 aliphatic rings. The van der Waals surface area contributed by atoms with Gasteiger partial charge in [0.15, 0.2) is 0 Å². The van der Waals surface area contributed by atoms with Crippen LogP contribution in [0.4, 0.5) is 17.1 Å². The first-order chi connectivity index (χ1) is 9.13. The zero-order chi connectivity index (χ0) is 13.8. The Kier molecular flexibility index (Phi) is 4.24. The second-order valence-corrected chi connectivity index (χ2v) is 5.20. The maximum absolute atomic E-state index is 11.4. The van der Waals surface area contributed by atoms with Gasteiger partial charge in [-0.1, -0.05) is 19.9 Å². The minimum Gasteiger partial charge on any atom is -0.379 e. The smallest absolute Gasteiger partial charge is 0.315 e. The van der Waals surface area contributed by atoms with Crippen LogP contribution in [0.3, 0.4) is 0 Å². The third-order valence-corrected chi connectivity index (χ3v) is 3.53. The predicted octanol–water partition coefficient (Wildman–Crippen LogP) is 3.26. The summed E-state index contributed by atoms with van der Waals surface area (Å²) < 4.78 is 0. The van der Waals surface area contributed by atoms with Gasteiger partial charge in [0.1, 0.15) is 11.4 Å². The van der Waals surface area contributed by atoms with Crippen LogP contribution in [-0.4, -0.2) is 24.6 Å². The van der Waals surface area contributed by atoms with Gasteiger partial charge in [-0.2, -0.15) is 0 Å². The van der Waals surface area contributed by atoms with Gasteiger partial charge in [-0.25, -0.2) is 0 Å². The standard InChI is InChI=1S/C14H21N3O2/c1-3-8-15-12-5-4-6-13(14(12)17(18)19)16-9-7-11(2)10-16/h4-6,11,15H,3,7-10H2,1-2H3. The molecule has 1 aromatic rings. The number of nitro benzene ring substituents is 1. The van der Waals surface area contributed by atoms with E-state index < -0.39 is 0 Å². The van der Waals surface area contributed by atoms with Crippen LogP contribution in [0.25, 0.3) is 0 Å². The van der Waals surface area contributed by atoms with Crippen molar-refractivity contribution in [3.05, 3.63) is 28.3 Å². The number of rotatable bonds is 5. The van der Waals surface area contributed by atoms with E-state index in [9.17, 15) is 10.1 Å². The molecule has 1 N–H and O–H groups in total. The summed E-state index contributed by atoms with van der Waals surface area (Å²) in [6.45, 7) is 6.79. The second kappa shape index (κ2) is 5.91. The minimum absolute atomic E-state index is 0.213. The highest BCUT2D eigenvalue weighted by Crippen LogP contribution is 2.37. The molecule has 1 heterocycles. The number of hydrogen-bond donors (Lipinski definition) is 1. The molecule has 0 bridgehead atoms. The number of anilines is 2. The van der Waals surface area contributed by atoms with Crippen LogP contribution in [-0.2, 0) is 0 Å². The van der Waals surface area contributed by atoms with Gasteiger partial charge in [-0.15, -0.1) is 0 Å². The molecule has 0 saturated carbocycles. The molecule has 1 fully saturated rings. The Hall–Kier alpha value is -1.78. The van der Waals surface area contributed by atoms with E-state index in [4.69, 9.17) is 0 Å². The zero-order valence-corrected chi connectivity index (χ0v) is 11.6. The third-order valence-electron chi connectivity index (χ3n) is 3.53. The average Bonchev–Trinajstić information content (AvgIpc) is 2.82. The third kappa shape index (κ3) is 2.97. The number of para-hydroxylation sites is 1. The molecule has 0 aliphatic carbocycles. The van der Waals surface area contributed by atoms with Crippen molar-refractivity contribution in [3.8, 4) is 0 Å². The predicted molar refractivity (Wildman–Crippen MR) is 77.9 cm³/mol. The molecule has 2 rings (SSSR count). The van der Waals surface area contributed by atoms with Gasteiger partial charge in [0.2, 0.25) is 0 Å². The maximum Gasteiger partial charge on any atom is 0.315 e. The van der Waals surface area contributed by atoms with Crippen molar-refractivity contribution < 1.29 is 4.92 Å². The van der Waals surface area contributed by atoms with Crippen LogP contribution in [0.2, 0.25) is 0 Å². The van der Waals surface area contributed by atoms with Gasteiger partial charge >= 0.3 is 5.69 Å². The lowest BCUT2D eigenvalue weighted by molar-refractivity contribution is -0.383. The molecule has 0 amide bonds. The first kappa shape index (κ1) is 13.6. The lowest BCUT2D eigenvalue weighted by Gasteiger charge is -2.19. The fraction of sp³-hybridized carbons (Fsp3) is 0.571. The summed E-state index contributed by atoms with van der Waals surface area (Å²) in [5.41, 5.74) is 1.59. The molecular formula is C14H21N3O2. The van der Waals surface area contributed by atoms with Crippen LogP contribution in [0.1, 0.15) is 26.7 Å². The Morgan fingerprint density at radius 1 is 1.53 bits per heavy atom. The fourth-order valence-electron chi connectivity index (χ4n) is 2.53. The van der Waals surface area contributed by atoms with E-state index in [0.29, 0.717) is 11.6 Å². The van der Waals surface area contributed by atoms with Crippen LogP contribution >= 0.6 is 0 Å². The summed E-state index contributed by atoms with van der Waals surface area (Å²) in [5.74, 6) is 0.604. The SMILES string of the molecule is CCCNc1cccc(N2CCC(C)C2)c1[N+](=O)[O-]. The number of nitrogens with one attached hydrogen (secondary N) is 1. The molecule has 1 unspecified atom stereocenters. The molecule has 104 valence electrons. The Bertz CT molecular complexity index is 462. The fourth-order valence-corrected chi connectivity index (χ4v) is 2.53. The van der Waals surface area contributed by atoms with Crippen LogP contribution < -0.4 is 10.2 Å². The Labute approximate surface area is 113 Å². The second-order valence-electron chi connectivity index (χ2n) is 5.20. The molecule has 1 atom stereocenters. The van der Waals surface area contributed by atoms with Crippen molar-refractivity contribution in [2.45, 2.75) is 26.7 Å². The monoisotopic (exact) mass is 263 g/mol. The van der Waals surface area contributed by atoms with Crippen molar-refractivity contribution in [1.82, 2.24) is 0 Å². The molecular weight excluding hydrogens is 242 g/mol. The lowest BCUT2D eigenvalue weighted by Crippen LogP contribution is -2.20. The highest BCUT2D eigenvalue weighted by Gasteiger charge is 2.27. The normalized spacial score (nSPS) is 18.6. The first-order valence-electron chi connectivity index (χ1n) is 6.89. The number of nitrogens with zero attached hydrogens (tertiary/aromatic N) is 2. The summed E-state index contributed by atoms with van der Waals surface area (Å²) >= 11 is 0. The molecule has 1 saturated heterocycles. The molecule has 0 spiro atoms. The van der Waals surface area contributed by atoms with Crippen LogP contribution in [0.5, 0.6) is 0 Å². The van der Waals surface area contributed by atoms with Crippen LogP contribution in [0, 0.1) is 16.0 Å². The summed E-state index contributed by atoms with van der Waals surface area (Å²) in [5, 5.41) is 14.5. The van der Waals surface area contributed by atoms with Crippen molar-refractivity contribution in [2.24, 2.45) is 5.92 Å². The molecule has 19 heavy (non-hydrogen) atoms. The van der Waals surface area contributed by atoms with E-state index in [1.165, 1.54) is 0 Å². The molecule has 5 heteroatoms. The Morgan fingerprint density at radius 3 is 2.89 bits per heavy atom. The van der Waals surface area contributed by atoms with Crippen molar-refractivity contribution in [2.75, 3.05) is 29.9 Å². The quantitative estimate of drug-likeness (QED) is 0.654. The topological polar surface area (TPSA) is 58.4 Å². The number of hydrogen-bond acceptors (Lipinski definition) is 4. The number of nitro groups is 1. The Balaban J connectivity index is 2.34. The highest BCUT2D eigenvalue weighted by atomic mass is 16.6. The molecule has 1 aromatic carbocycles. The average molecular weight is 263 g/mol. The zero-order valence-electron chi connectivity index (χ0n) is 11.6. The lowest BCUT2D eigenvalue weighted by atomic mass is 10.2. The van der Waals surface area contributed by atoms with Gasteiger partial charge in [0, 0.05) is 19.6 Å². The Morgan fingerprint density at radius 2 is 2.32 bits per heavy atom. The summed E-state index contributed by atoms with van der Waals surface area (Å²) in [7, 11) is 0. The largest absolute Gasteiger partial charge is 0.379 e. The summed E-state index contributed by atoms with van der Waals surface area (Å²) in [6.07, 6.45) is 2.05. The van der Waals surface area contributed by atoms with E-state index in [2.05, 4.69) is 17.1 Å². The van der Waals surface area contributed by atoms with E-state index >= 15 is 0 Å². The van der Waals surface area contributed by atoms with Gasteiger partial charge in [0.05, 0.1) is 4.92 Å². The van der Waals surface area contributed by atoms with Crippen LogP contribution in [0.15, 0.2) is 18.2 Å². The highest BCUT2D eigenvalue weighted by molar-refractivity contribution is 5.77. The molecule has 1 aliphatic heterocycles. The van der Waals surface area contributed by atoms with Gasteiger partial charge in [0.25, 0.3) is 0 Å². The van der Waals surface area contributed by atoms with Gasteiger partial charge in [-0.3, -0.25) is 10.1 Å². The molecule has 5 nitrogen and oxygen atoms in total. The number of benzene rings is 1. The van der Waals surface area contributed by atoms with Crippen molar-refractivity contribution in [1.29, 1.82) is 0 Å². The van der Waals surface area contributed by atoms with Crippen molar-refractivity contribution in [3.63, 3.8) is 0 Å². The van der Waals surface area contributed by atoms with Crippen molar-refractivity contribution >= 4 is 17.1 Å². The minimum atomic E-state index is -0.268. The molecule has 0 aromatic heterocycles. The van der Waals surface area contributed by atoms with E-state index in [1.54, 1.807) is 6.07 Å². The van der Waals surface area contributed by atoms with E-state index in [0.717, 1.165) is 38.2 Å².